The molecule has 0 unspecified atom stereocenters. The first-order valence-electron chi connectivity index (χ1n) is 5.25. The average Bonchev–Trinajstić information content (AvgIpc) is 2.78. The molecule has 0 N–H and O–H groups in total. The molecule has 0 radical (unpaired) electrons. The maximum absolute atomic E-state index is 12.8. The third-order valence-electron chi connectivity index (χ3n) is 2.39. The molecule has 0 aliphatic rings. The second kappa shape index (κ2) is 5.10. The lowest BCUT2D eigenvalue weighted by Crippen LogP contribution is -1.91. The van der Waals surface area contributed by atoms with Crippen LogP contribution >= 0.6 is 11.3 Å². The van der Waals surface area contributed by atoms with Gasteiger partial charge in [0.05, 0.1) is 4.92 Å². The third kappa shape index (κ3) is 2.81. The molecule has 0 amide bonds. The summed E-state index contributed by atoms with van der Waals surface area (Å²) in [6.07, 6.45) is 1.53. The quantitative estimate of drug-likeness (QED) is 0.615. The van der Waals surface area contributed by atoms with E-state index in [0.717, 1.165) is 15.3 Å². The van der Waals surface area contributed by atoms with Crippen LogP contribution in [0.2, 0.25) is 0 Å². The Kier molecular flexibility index (Phi) is 3.53. The molecule has 0 aliphatic carbocycles. The number of allylic oxidation sites excluding steroid dienone is 1. The van der Waals surface area contributed by atoms with Crippen molar-refractivity contribution in [3.63, 3.8) is 0 Å². The lowest BCUT2D eigenvalue weighted by Gasteiger charge is -1.95. The van der Waals surface area contributed by atoms with E-state index in [0.29, 0.717) is 0 Å². The molecule has 3 nitrogen and oxygen atoms in total. The van der Waals surface area contributed by atoms with Crippen molar-refractivity contribution in [2.45, 2.75) is 6.92 Å². The van der Waals surface area contributed by atoms with Gasteiger partial charge in [0, 0.05) is 22.8 Å². The zero-order valence-electron chi connectivity index (χ0n) is 9.59. The largest absolute Gasteiger partial charge is 0.259 e. The van der Waals surface area contributed by atoms with Crippen LogP contribution in [0.4, 0.5) is 4.39 Å². The number of halogens is 1. The highest BCUT2D eigenvalue weighted by atomic mass is 32.1. The van der Waals surface area contributed by atoms with E-state index in [2.05, 4.69) is 0 Å². The zero-order chi connectivity index (χ0) is 13.1. The Labute approximate surface area is 107 Å². The van der Waals surface area contributed by atoms with Crippen molar-refractivity contribution in [2.75, 3.05) is 0 Å². The van der Waals surface area contributed by atoms with Crippen LogP contribution < -0.4 is 0 Å². The van der Waals surface area contributed by atoms with Gasteiger partial charge in [0.15, 0.2) is 0 Å². The van der Waals surface area contributed by atoms with Crippen LogP contribution in [-0.2, 0) is 0 Å². The van der Waals surface area contributed by atoms with Gasteiger partial charge in [0.1, 0.15) is 5.82 Å². The van der Waals surface area contributed by atoms with E-state index in [1.807, 2.05) is 12.1 Å². The molecule has 0 saturated carbocycles. The van der Waals surface area contributed by atoms with E-state index in [1.165, 1.54) is 36.5 Å². The molecule has 0 atom stereocenters. The molecule has 1 aromatic carbocycles. The normalized spacial score (nSPS) is 11.6. The van der Waals surface area contributed by atoms with E-state index in [1.54, 1.807) is 12.1 Å². The highest BCUT2D eigenvalue weighted by Gasteiger charge is 2.06. The molecule has 18 heavy (non-hydrogen) atoms. The smallest absolute Gasteiger partial charge is 0.244 e. The van der Waals surface area contributed by atoms with Gasteiger partial charge in [0.2, 0.25) is 5.70 Å². The lowest BCUT2D eigenvalue weighted by atomic mass is 10.2. The van der Waals surface area contributed by atoms with E-state index < -0.39 is 4.92 Å². The fraction of sp³-hybridized carbons (Fsp3) is 0.0769. The molecule has 92 valence electrons. The predicted octanol–water partition coefficient (Wildman–Crippen LogP) is 4.19. The number of nitrogens with zero attached hydrogens (tertiary/aromatic N) is 1. The Morgan fingerprint density at radius 2 is 1.94 bits per heavy atom. The van der Waals surface area contributed by atoms with Crippen molar-refractivity contribution in [2.24, 2.45) is 0 Å². The third-order valence-corrected chi connectivity index (χ3v) is 3.48. The summed E-state index contributed by atoms with van der Waals surface area (Å²) in [5, 5.41) is 10.5. The second-order valence-corrected chi connectivity index (χ2v) is 4.87. The van der Waals surface area contributed by atoms with Gasteiger partial charge >= 0.3 is 0 Å². The number of hydrogen-bond donors (Lipinski definition) is 0. The maximum Gasteiger partial charge on any atom is 0.244 e. The van der Waals surface area contributed by atoms with E-state index >= 15 is 0 Å². The van der Waals surface area contributed by atoms with E-state index in [9.17, 15) is 14.5 Å². The topological polar surface area (TPSA) is 43.1 Å². The van der Waals surface area contributed by atoms with Gasteiger partial charge in [0.25, 0.3) is 0 Å². The molecule has 2 aromatic rings. The van der Waals surface area contributed by atoms with Crippen molar-refractivity contribution in [3.8, 4) is 10.4 Å². The number of nitro groups is 1. The SMILES string of the molecule is C/C(=C\c1ccc(-c2ccc(F)cc2)s1)[N+](=O)[O-]. The molecular formula is C13H10FNO2S. The number of thiophene rings is 1. The fourth-order valence-electron chi connectivity index (χ4n) is 1.46. The minimum absolute atomic E-state index is 0.0995. The lowest BCUT2D eigenvalue weighted by molar-refractivity contribution is -0.422. The van der Waals surface area contributed by atoms with Crippen molar-refractivity contribution in [3.05, 3.63) is 62.9 Å². The summed E-state index contributed by atoms with van der Waals surface area (Å²) < 4.78 is 12.8. The van der Waals surface area contributed by atoms with Crippen LogP contribution in [0.3, 0.4) is 0 Å². The summed E-state index contributed by atoms with van der Waals surface area (Å²) in [6.45, 7) is 1.46. The second-order valence-electron chi connectivity index (χ2n) is 3.75. The number of rotatable bonds is 3. The molecule has 2 rings (SSSR count). The zero-order valence-corrected chi connectivity index (χ0v) is 10.4. The van der Waals surface area contributed by atoms with Gasteiger partial charge in [-0.1, -0.05) is 12.1 Å². The maximum atomic E-state index is 12.8. The van der Waals surface area contributed by atoms with Gasteiger partial charge in [-0.3, -0.25) is 10.1 Å². The Bertz CT molecular complexity index is 602. The average molecular weight is 263 g/mol. The van der Waals surface area contributed by atoms with E-state index in [4.69, 9.17) is 0 Å². The van der Waals surface area contributed by atoms with Gasteiger partial charge in [-0.05, 0) is 29.8 Å². The summed E-state index contributed by atoms with van der Waals surface area (Å²) in [5.41, 5.74) is 1.00. The van der Waals surface area contributed by atoms with Crippen molar-refractivity contribution in [1.29, 1.82) is 0 Å². The molecule has 1 heterocycles. The molecule has 0 bridgehead atoms. The summed E-state index contributed by atoms with van der Waals surface area (Å²) in [5.74, 6) is -0.278. The van der Waals surface area contributed by atoms with E-state index in [-0.39, 0.29) is 11.5 Å². The molecule has 0 saturated heterocycles. The highest BCUT2D eigenvalue weighted by Crippen LogP contribution is 2.29. The molecule has 1 aromatic heterocycles. The first-order chi connectivity index (χ1) is 8.56. The van der Waals surface area contributed by atoms with Crippen LogP contribution in [-0.4, -0.2) is 4.92 Å². The Morgan fingerprint density at radius 3 is 2.56 bits per heavy atom. The molecule has 5 heteroatoms. The fourth-order valence-corrected chi connectivity index (χ4v) is 2.47. The predicted molar refractivity (Wildman–Crippen MR) is 70.4 cm³/mol. The van der Waals surface area contributed by atoms with Gasteiger partial charge in [-0.2, -0.15) is 0 Å². The first kappa shape index (κ1) is 12.4. The van der Waals surface area contributed by atoms with Crippen LogP contribution in [0, 0.1) is 15.9 Å². The van der Waals surface area contributed by atoms with Crippen LogP contribution in [0.5, 0.6) is 0 Å². The van der Waals surface area contributed by atoms with Crippen LogP contribution in [0.1, 0.15) is 11.8 Å². The minimum atomic E-state index is -0.419. The summed E-state index contributed by atoms with van der Waals surface area (Å²) >= 11 is 1.43. The Balaban J connectivity index is 2.28. The van der Waals surface area contributed by atoms with Crippen LogP contribution in [0.15, 0.2) is 42.1 Å². The van der Waals surface area contributed by atoms with Gasteiger partial charge in [-0.15, -0.1) is 11.3 Å². The summed E-state index contributed by atoms with van der Waals surface area (Å²) in [7, 11) is 0. The highest BCUT2D eigenvalue weighted by molar-refractivity contribution is 7.16. The number of hydrogen-bond acceptors (Lipinski definition) is 3. The van der Waals surface area contributed by atoms with Crippen LogP contribution in [0.25, 0.3) is 16.5 Å². The van der Waals surface area contributed by atoms with Crippen molar-refractivity contribution >= 4 is 17.4 Å². The summed E-state index contributed by atoms with van der Waals surface area (Å²) in [4.78, 5) is 11.9. The number of benzene rings is 1. The monoisotopic (exact) mass is 263 g/mol. The van der Waals surface area contributed by atoms with Gasteiger partial charge < -0.3 is 0 Å². The van der Waals surface area contributed by atoms with Gasteiger partial charge in [-0.25, -0.2) is 4.39 Å². The standard InChI is InChI=1S/C13H10FNO2S/c1-9(15(16)17)8-12-6-7-13(18-12)10-2-4-11(14)5-3-10/h2-8H,1H3/b9-8+. The Hall–Kier alpha value is -2.01. The summed E-state index contributed by atoms with van der Waals surface area (Å²) in [6, 6.07) is 9.86. The molecular weight excluding hydrogens is 253 g/mol. The minimum Gasteiger partial charge on any atom is -0.259 e. The molecule has 0 fully saturated rings. The first-order valence-corrected chi connectivity index (χ1v) is 6.06. The molecule has 0 aliphatic heterocycles. The van der Waals surface area contributed by atoms with Crippen molar-refractivity contribution < 1.29 is 9.31 Å². The van der Waals surface area contributed by atoms with Crippen molar-refractivity contribution in [1.82, 2.24) is 0 Å². The molecule has 0 spiro atoms. The Morgan fingerprint density at radius 1 is 1.28 bits per heavy atom.